The van der Waals surface area contributed by atoms with E-state index < -0.39 is 0 Å². The molecule has 174 valence electrons. The van der Waals surface area contributed by atoms with Gasteiger partial charge in [0.15, 0.2) is 0 Å². The molecule has 5 heteroatoms. The third-order valence-corrected chi connectivity index (χ3v) is 6.20. The number of hydrogen-bond acceptors (Lipinski definition) is 5. The molecule has 0 amide bonds. The van der Waals surface area contributed by atoms with E-state index in [0.717, 1.165) is 64.6 Å². The van der Waals surface area contributed by atoms with Gasteiger partial charge in [-0.05, 0) is 92.9 Å². The summed E-state index contributed by atoms with van der Waals surface area (Å²) in [5.74, 6) is 0. The molecular formula is C24H49NO4. The number of nitrogens with zero attached hydrogens (tertiary/aromatic N) is 1. The fourth-order valence-corrected chi connectivity index (χ4v) is 4.37. The van der Waals surface area contributed by atoms with Crippen LogP contribution in [0.1, 0.15) is 107 Å². The molecule has 5 nitrogen and oxygen atoms in total. The van der Waals surface area contributed by atoms with Gasteiger partial charge < -0.3 is 19.4 Å². The van der Waals surface area contributed by atoms with E-state index in [-0.39, 0.29) is 29.4 Å². The van der Waals surface area contributed by atoms with Gasteiger partial charge in [-0.3, -0.25) is 0 Å². The van der Waals surface area contributed by atoms with E-state index in [1.54, 1.807) is 0 Å². The predicted octanol–water partition coefficient (Wildman–Crippen LogP) is 5.97. The molecule has 0 aromatic heterocycles. The summed E-state index contributed by atoms with van der Waals surface area (Å²) < 4.78 is 18.2. The minimum atomic E-state index is -0.272. The maximum Gasteiger partial charge on any atom is 0.0615 e. The van der Waals surface area contributed by atoms with E-state index in [4.69, 9.17) is 14.2 Å². The number of hydrogen-bond donors (Lipinski definition) is 1. The highest BCUT2D eigenvalue weighted by atomic mass is 16.5. The molecule has 0 aromatic carbocycles. The Kier molecular flexibility index (Phi) is 11.7. The van der Waals surface area contributed by atoms with Gasteiger partial charge in [-0.25, -0.2) is 0 Å². The van der Waals surface area contributed by atoms with Crippen molar-refractivity contribution >= 4 is 0 Å². The Morgan fingerprint density at radius 3 is 1.86 bits per heavy atom. The topological polar surface area (TPSA) is 51.2 Å². The largest absolute Gasteiger partial charge is 0.379 e. The van der Waals surface area contributed by atoms with Crippen molar-refractivity contribution in [1.82, 2.24) is 5.06 Å². The molecule has 1 heterocycles. The molecule has 3 atom stereocenters. The summed E-state index contributed by atoms with van der Waals surface area (Å²) in [5.41, 5.74) is -0.545. The number of ether oxygens (including phenoxy) is 3. The molecule has 1 aliphatic heterocycles. The number of piperidine rings is 1. The minimum absolute atomic E-state index is 0.172. The Hall–Kier alpha value is -0.200. The predicted molar refractivity (Wildman–Crippen MR) is 120 cm³/mol. The average Bonchev–Trinajstić information content (AvgIpc) is 2.63. The number of unbranched alkanes of at least 4 members (excludes halogenated alkanes) is 2. The molecule has 3 unspecified atom stereocenters. The van der Waals surface area contributed by atoms with E-state index in [2.05, 4.69) is 55.4 Å². The monoisotopic (exact) mass is 415 g/mol. The summed E-state index contributed by atoms with van der Waals surface area (Å²) in [6.45, 7) is 18.6. The van der Waals surface area contributed by atoms with Crippen LogP contribution in [-0.2, 0) is 14.2 Å². The maximum atomic E-state index is 10.5. The Labute approximate surface area is 180 Å². The van der Waals surface area contributed by atoms with Gasteiger partial charge in [0.2, 0.25) is 0 Å². The van der Waals surface area contributed by atoms with Crippen LogP contribution >= 0.6 is 0 Å². The molecule has 0 aliphatic carbocycles. The molecule has 0 spiro atoms. The van der Waals surface area contributed by atoms with Crippen LogP contribution in [0.15, 0.2) is 0 Å². The van der Waals surface area contributed by atoms with Gasteiger partial charge in [0.25, 0.3) is 0 Å². The lowest BCUT2D eigenvalue weighted by Crippen LogP contribution is -2.60. The maximum absolute atomic E-state index is 10.5. The van der Waals surface area contributed by atoms with Gasteiger partial charge in [-0.2, -0.15) is 5.06 Å². The van der Waals surface area contributed by atoms with Crippen molar-refractivity contribution in [2.24, 2.45) is 0 Å². The van der Waals surface area contributed by atoms with Crippen LogP contribution in [0.5, 0.6) is 0 Å². The van der Waals surface area contributed by atoms with Crippen LogP contribution < -0.4 is 0 Å². The van der Waals surface area contributed by atoms with Crippen LogP contribution in [0.3, 0.4) is 0 Å². The van der Waals surface area contributed by atoms with E-state index >= 15 is 0 Å². The van der Waals surface area contributed by atoms with E-state index in [9.17, 15) is 5.21 Å². The first-order chi connectivity index (χ1) is 13.5. The van der Waals surface area contributed by atoms with Crippen LogP contribution in [-0.4, -0.2) is 59.0 Å². The SMILES string of the molecule is CCC(C)OCCCCCOC(C)CC(CC)OC1CC(C)(C)N(O)C(C)(C)C1. The highest BCUT2D eigenvalue weighted by Crippen LogP contribution is 2.38. The Morgan fingerprint density at radius 1 is 0.862 bits per heavy atom. The summed E-state index contributed by atoms with van der Waals surface area (Å²) in [7, 11) is 0. The second-order valence-corrected chi connectivity index (χ2v) is 10.2. The molecule has 1 aliphatic rings. The molecule has 0 aromatic rings. The van der Waals surface area contributed by atoms with Crippen LogP contribution in [0.25, 0.3) is 0 Å². The summed E-state index contributed by atoms with van der Waals surface area (Å²) in [5, 5.41) is 12.0. The normalized spacial score (nSPS) is 23.1. The first-order valence-electron chi connectivity index (χ1n) is 11.9. The first kappa shape index (κ1) is 26.8. The minimum Gasteiger partial charge on any atom is -0.379 e. The second kappa shape index (κ2) is 12.6. The quantitative estimate of drug-likeness (QED) is 0.354. The molecular weight excluding hydrogens is 366 g/mol. The lowest BCUT2D eigenvalue weighted by atomic mass is 9.80. The van der Waals surface area contributed by atoms with E-state index in [0.29, 0.717) is 6.10 Å². The number of hydroxylamine groups is 2. The van der Waals surface area contributed by atoms with Crippen molar-refractivity contribution in [2.75, 3.05) is 13.2 Å². The fraction of sp³-hybridized carbons (Fsp3) is 1.00. The highest BCUT2D eigenvalue weighted by molar-refractivity contribution is 4.97. The number of rotatable bonds is 14. The highest BCUT2D eigenvalue weighted by Gasteiger charge is 2.45. The lowest BCUT2D eigenvalue weighted by molar-refractivity contribution is -0.265. The third kappa shape index (κ3) is 9.65. The van der Waals surface area contributed by atoms with E-state index in [1.165, 1.54) is 5.06 Å². The van der Waals surface area contributed by atoms with Crippen LogP contribution in [0, 0.1) is 0 Å². The zero-order valence-electron chi connectivity index (χ0n) is 20.5. The summed E-state index contributed by atoms with van der Waals surface area (Å²) in [6.07, 6.45) is 8.98. The van der Waals surface area contributed by atoms with Crippen molar-refractivity contribution in [3.63, 3.8) is 0 Å². The first-order valence-corrected chi connectivity index (χ1v) is 11.9. The lowest BCUT2D eigenvalue weighted by Gasteiger charge is -2.51. The van der Waals surface area contributed by atoms with Crippen molar-refractivity contribution in [1.29, 1.82) is 0 Å². The van der Waals surface area contributed by atoms with Gasteiger partial charge in [-0.1, -0.05) is 13.8 Å². The van der Waals surface area contributed by atoms with Gasteiger partial charge in [-0.15, -0.1) is 0 Å². The standard InChI is InChI=1S/C24H49NO4/c1-9-19(3)27-14-12-11-13-15-28-20(4)16-21(10-2)29-22-17-23(5,6)25(26)24(7,8)18-22/h19-22,26H,9-18H2,1-8H3. The van der Waals surface area contributed by atoms with E-state index in [1.807, 2.05) is 0 Å². The summed E-state index contributed by atoms with van der Waals surface area (Å²) >= 11 is 0. The molecule has 1 N–H and O–H groups in total. The summed E-state index contributed by atoms with van der Waals surface area (Å²) in [6, 6.07) is 0. The Balaban J connectivity index is 2.29. The molecule has 0 saturated carbocycles. The van der Waals surface area contributed by atoms with Crippen molar-refractivity contribution in [3.8, 4) is 0 Å². The molecule has 0 bridgehead atoms. The van der Waals surface area contributed by atoms with Crippen LogP contribution in [0.4, 0.5) is 0 Å². The zero-order chi connectivity index (χ0) is 22.1. The van der Waals surface area contributed by atoms with Crippen molar-refractivity contribution in [2.45, 2.75) is 142 Å². The van der Waals surface area contributed by atoms with Crippen molar-refractivity contribution < 1.29 is 19.4 Å². The van der Waals surface area contributed by atoms with Gasteiger partial charge >= 0.3 is 0 Å². The molecule has 1 saturated heterocycles. The molecule has 1 rings (SSSR count). The molecule has 1 fully saturated rings. The zero-order valence-corrected chi connectivity index (χ0v) is 20.5. The molecule has 0 radical (unpaired) electrons. The average molecular weight is 416 g/mol. The Morgan fingerprint density at radius 2 is 1.38 bits per heavy atom. The van der Waals surface area contributed by atoms with Gasteiger partial charge in [0.05, 0.1) is 24.4 Å². The van der Waals surface area contributed by atoms with Gasteiger partial charge in [0, 0.05) is 24.3 Å². The van der Waals surface area contributed by atoms with Crippen molar-refractivity contribution in [3.05, 3.63) is 0 Å². The molecule has 29 heavy (non-hydrogen) atoms. The van der Waals surface area contributed by atoms with Gasteiger partial charge in [0.1, 0.15) is 0 Å². The third-order valence-electron chi connectivity index (χ3n) is 6.20. The fourth-order valence-electron chi connectivity index (χ4n) is 4.37. The summed E-state index contributed by atoms with van der Waals surface area (Å²) in [4.78, 5) is 0. The Bertz CT molecular complexity index is 423. The smallest absolute Gasteiger partial charge is 0.0615 e. The second-order valence-electron chi connectivity index (χ2n) is 10.2. The van der Waals surface area contributed by atoms with Crippen LogP contribution in [0.2, 0.25) is 0 Å².